The van der Waals surface area contributed by atoms with Gasteiger partial charge in [-0.25, -0.2) is 8.42 Å². The van der Waals surface area contributed by atoms with E-state index in [1.165, 1.54) is 6.42 Å². The molecule has 0 atom stereocenters. The van der Waals surface area contributed by atoms with Crippen LogP contribution in [-0.4, -0.2) is 58.3 Å². The van der Waals surface area contributed by atoms with Crippen molar-refractivity contribution in [1.29, 1.82) is 0 Å². The average Bonchev–Trinajstić information content (AvgIpc) is 2.45. The van der Waals surface area contributed by atoms with Gasteiger partial charge in [0.05, 0.1) is 9.49 Å². The molecule has 0 amide bonds. The van der Waals surface area contributed by atoms with Crippen molar-refractivity contribution in [3.63, 3.8) is 0 Å². The second-order valence-electron chi connectivity index (χ2n) is 10.7. The highest BCUT2D eigenvalue weighted by molar-refractivity contribution is 7.97. The Balaban J connectivity index is -0.0000000358. The molecule has 0 aliphatic carbocycles. The second kappa shape index (κ2) is 26.5. The molecule has 0 N–H and O–H groups in total. The van der Waals surface area contributed by atoms with Crippen LogP contribution in [0.5, 0.6) is 0 Å². The fourth-order valence-corrected chi connectivity index (χ4v) is 5.51. The predicted octanol–water partition coefficient (Wildman–Crippen LogP) is 9.53. The number of ether oxygens (including phenoxy) is 1. The van der Waals surface area contributed by atoms with Crippen LogP contribution >= 0.6 is 11.8 Å². The van der Waals surface area contributed by atoms with E-state index in [4.69, 9.17) is 0 Å². The summed E-state index contributed by atoms with van der Waals surface area (Å²) in [4.78, 5) is 0. The lowest BCUT2D eigenvalue weighted by Gasteiger charge is -2.29. The van der Waals surface area contributed by atoms with E-state index in [1.54, 1.807) is 67.5 Å². The van der Waals surface area contributed by atoms with Gasteiger partial charge >= 0.3 is 0 Å². The van der Waals surface area contributed by atoms with Gasteiger partial charge in [-0.1, -0.05) is 50.0 Å². The van der Waals surface area contributed by atoms with Gasteiger partial charge in [-0.2, -0.15) is 11.8 Å². The number of methoxy groups -OCH3 is 1. The van der Waals surface area contributed by atoms with Crippen molar-refractivity contribution < 1.29 is 17.4 Å². The normalized spacial score (nSPS) is 10.7. The van der Waals surface area contributed by atoms with Crippen molar-refractivity contribution in [2.75, 3.05) is 26.7 Å². The lowest BCUT2D eigenvalue weighted by Crippen LogP contribution is -2.41. The minimum atomic E-state index is -3.01. The molecule has 0 radical (unpaired) electrons. The van der Waals surface area contributed by atoms with Gasteiger partial charge in [0.1, 0.15) is 0 Å². The third-order valence-electron chi connectivity index (χ3n) is 2.72. The third-order valence-corrected chi connectivity index (χ3v) is 8.17. The Morgan fingerprint density at radius 2 is 0.765 bits per heavy atom. The molecule has 0 bridgehead atoms. The first-order valence-corrected chi connectivity index (χ1v) is 14.6. The highest BCUT2D eigenvalue weighted by Gasteiger charge is 2.39. The van der Waals surface area contributed by atoms with Crippen molar-refractivity contribution in [1.82, 2.24) is 0 Å². The fraction of sp³-hybridized carbons (Fsp3) is 1.00. The molecule has 0 aliphatic rings. The maximum atomic E-state index is 11.7. The summed E-state index contributed by atoms with van der Waals surface area (Å²) in [6, 6.07) is 0. The molecular formula is C27H72O4S3. The zero-order valence-corrected chi connectivity index (χ0v) is 26.0. The van der Waals surface area contributed by atoms with Gasteiger partial charge < -0.3 is 4.74 Å². The minimum Gasteiger partial charge on any atom is -0.388 e. The van der Waals surface area contributed by atoms with E-state index in [1.807, 2.05) is 54.1 Å². The molecule has 0 heterocycles. The first-order valence-electron chi connectivity index (χ1n) is 10.4. The lowest BCUT2D eigenvalue weighted by molar-refractivity contribution is 0.277. The zero-order chi connectivity index (χ0) is 26.2. The molecule has 0 spiro atoms. The molecule has 222 valence electrons. The predicted molar refractivity (Wildman–Crippen MR) is 171 cm³/mol. The molecule has 0 aromatic rings. The van der Waals surface area contributed by atoms with Crippen LogP contribution in [-0.2, 0) is 25.4 Å². The van der Waals surface area contributed by atoms with E-state index < -0.39 is 30.1 Å². The molecule has 0 unspecified atom stereocenters. The Morgan fingerprint density at radius 3 is 0.765 bits per heavy atom. The molecular weight excluding hydrogens is 484 g/mol. The maximum absolute atomic E-state index is 11.7. The van der Waals surface area contributed by atoms with E-state index in [2.05, 4.69) is 18.6 Å². The summed E-state index contributed by atoms with van der Waals surface area (Å²) in [5.74, 6) is 0. The van der Waals surface area contributed by atoms with E-state index in [0.29, 0.717) is 0 Å². The standard InChI is InChI=1S/C8H18O2S.C8H18OS.C3H8.C2H6O.C2H6S.4CH4/c1-7(2,3)11(9,10)8(4,5)6;1-7(2,3)10(9)8(4,5)6;3*1-3-2;;;;/h1-6H3;1-6H3;3H2,1-2H3;2*1-2H3;4*1H4. The summed E-state index contributed by atoms with van der Waals surface area (Å²) in [7, 11) is -0.519. The monoisotopic (exact) mass is 556 g/mol. The summed E-state index contributed by atoms with van der Waals surface area (Å²) in [5.41, 5.74) is 0. The molecule has 0 aromatic carbocycles. The lowest BCUT2D eigenvalue weighted by atomic mass is 10.2. The van der Waals surface area contributed by atoms with Crippen LogP contribution in [0, 0.1) is 0 Å². The van der Waals surface area contributed by atoms with Gasteiger partial charge in [0.15, 0.2) is 9.84 Å². The molecule has 0 fully saturated rings. The Kier molecular flexibility index (Phi) is 46.3. The van der Waals surface area contributed by atoms with Gasteiger partial charge in [0.25, 0.3) is 0 Å². The van der Waals surface area contributed by atoms with Crippen LogP contribution < -0.4 is 0 Å². The largest absolute Gasteiger partial charge is 0.388 e. The Bertz CT molecular complexity index is 459. The van der Waals surface area contributed by atoms with Crippen molar-refractivity contribution in [2.24, 2.45) is 0 Å². The van der Waals surface area contributed by atoms with Crippen LogP contribution in [0.15, 0.2) is 0 Å². The number of thioether (sulfide) groups is 1. The third kappa shape index (κ3) is 34.6. The van der Waals surface area contributed by atoms with Crippen LogP contribution in [0.25, 0.3) is 0 Å². The number of hydrogen-bond donors (Lipinski definition) is 0. The second-order valence-corrected chi connectivity index (χ2v) is 18.0. The molecule has 0 aromatic heterocycles. The summed E-state index contributed by atoms with van der Waals surface area (Å²) >= 11 is 1.75. The van der Waals surface area contributed by atoms with Crippen LogP contribution in [0.3, 0.4) is 0 Å². The summed E-state index contributed by atoms with van der Waals surface area (Å²) in [6.45, 7) is 26.7. The Labute approximate surface area is 228 Å². The average molecular weight is 557 g/mol. The van der Waals surface area contributed by atoms with Crippen LogP contribution in [0.1, 0.15) is 133 Å². The molecule has 4 nitrogen and oxygen atoms in total. The molecule has 34 heavy (non-hydrogen) atoms. The summed E-state index contributed by atoms with van der Waals surface area (Å²) in [5, 5.41) is 0. The van der Waals surface area contributed by atoms with E-state index in [-0.39, 0.29) is 39.2 Å². The van der Waals surface area contributed by atoms with Gasteiger partial charge in [0, 0.05) is 34.5 Å². The van der Waals surface area contributed by atoms with Crippen molar-refractivity contribution in [3.8, 4) is 0 Å². The zero-order valence-electron chi connectivity index (χ0n) is 23.6. The maximum Gasteiger partial charge on any atom is 0.160 e. The fourth-order valence-electron chi connectivity index (χ4n) is 1.84. The highest BCUT2D eigenvalue weighted by Crippen LogP contribution is 2.28. The van der Waals surface area contributed by atoms with Gasteiger partial charge in [-0.05, 0) is 95.6 Å². The van der Waals surface area contributed by atoms with E-state index >= 15 is 0 Å². The van der Waals surface area contributed by atoms with Crippen LogP contribution in [0.2, 0.25) is 0 Å². The van der Waals surface area contributed by atoms with Crippen molar-refractivity contribution in [2.45, 2.75) is 152 Å². The highest BCUT2D eigenvalue weighted by atomic mass is 32.2. The number of sulfone groups is 1. The molecule has 0 saturated carbocycles. The molecule has 0 saturated heterocycles. The van der Waals surface area contributed by atoms with E-state index in [0.717, 1.165) is 0 Å². The Hall–Kier alpha value is 0.410. The van der Waals surface area contributed by atoms with Gasteiger partial charge in [-0.15, -0.1) is 0 Å². The number of rotatable bonds is 0. The van der Waals surface area contributed by atoms with Crippen LogP contribution in [0.4, 0.5) is 0 Å². The van der Waals surface area contributed by atoms with Gasteiger partial charge in [-0.3, -0.25) is 4.21 Å². The SMILES string of the molecule is C.C.C.C.CC(C)(C)S(=O)(=O)C(C)(C)C.CC(C)(C)S(=O)C(C)(C)C.CCC.COC.CSC. The van der Waals surface area contributed by atoms with Crippen molar-refractivity contribution in [3.05, 3.63) is 0 Å². The molecule has 0 rings (SSSR count). The minimum absolute atomic E-state index is 0. The number of hydrogen-bond acceptors (Lipinski definition) is 5. The molecule has 7 heteroatoms. The Morgan fingerprint density at radius 1 is 0.647 bits per heavy atom. The topological polar surface area (TPSA) is 60.4 Å². The quantitative estimate of drug-likeness (QED) is 0.297. The van der Waals surface area contributed by atoms with E-state index in [9.17, 15) is 12.6 Å². The summed E-state index contributed by atoms with van der Waals surface area (Å²) in [6.07, 6.45) is 5.33. The first kappa shape index (κ1) is 59.5. The summed E-state index contributed by atoms with van der Waals surface area (Å²) < 4.78 is 37.7. The first-order chi connectivity index (χ1) is 12.9. The smallest absolute Gasteiger partial charge is 0.160 e. The van der Waals surface area contributed by atoms with Crippen molar-refractivity contribution >= 4 is 32.4 Å². The van der Waals surface area contributed by atoms with Gasteiger partial charge in [0.2, 0.25) is 0 Å². The molecule has 0 aliphatic heterocycles.